The number of hydrogen-bond donors (Lipinski definition) is 1. The summed E-state index contributed by atoms with van der Waals surface area (Å²) in [5.74, 6) is -1.08. The largest absolute Gasteiger partial charge is 0.452 e. The second kappa shape index (κ2) is 7.94. The van der Waals surface area contributed by atoms with Gasteiger partial charge in [-0.25, -0.2) is 19.4 Å². The predicted octanol–water partition coefficient (Wildman–Crippen LogP) is 2.76. The van der Waals surface area contributed by atoms with Crippen LogP contribution in [-0.2, 0) is 9.53 Å². The number of rotatable bonds is 5. The Morgan fingerprint density at radius 3 is 2.62 bits per heavy atom. The third kappa shape index (κ3) is 4.35. The van der Waals surface area contributed by atoms with Gasteiger partial charge in [0.05, 0.1) is 21.3 Å². The topological polar surface area (TPSA) is 99.0 Å². The van der Waals surface area contributed by atoms with E-state index in [2.05, 4.69) is 20.4 Å². The number of ether oxygens (including phenoxy) is 1. The molecular formula is C16H11Cl2N5O3. The molecule has 132 valence electrons. The van der Waals surface area contributed by atoms with Gasteiger partial charge in [0.25, 0.3) is 5.91 Å². The molecule has 2 aromatic heterocycles. The van der Waals surface area contributed by atoms with E-state index < -0.39 is 18.5 Å². The van der Waals surface area contributed by atoms with Gasteiger partial charge >= 0.3 is 5.97 Å². The van der Waals surface area contributed by atoms with E-state index in [0.29, 0.717) is 10.6 Å². The van der Waals surface area contributed by atoms with Crippen molar-refractivity contribution < 1.29 is 14.3 Å². The molecule has 3 aromatic rings. The van der Waals surface area contributed by atoms with Gasteiger partial charge in [-0.2, -0.15) is 5.10 Å². The molecule has 8 nitrogen and oxygen atoms in total. The van der Waals surface area contributed by atoms with Gasteiger partial charge in [-0.3, -0.25) is 4.79 Å². The number of hydrogen-bond acceptors (Lipinski definition) is 6. The van der Waals surface area contributed by atoms with Crippen molar-refractivity contribution in [2.24, 2.45) is 0 Å². The fraction of sp³-hybridized carbons (Fsp3) is 0.0625. The normalized spacial score (nSPS) is 10.4. The van der Waals surface area contributed by atoms with Gasteiger partial charge in [-0.1, -0.05) is 23.2 Å². The van der Waals surface area contributed by atoms with Crippen LogP contribution in [0.1, 0.15) is 10.4 Å². The number of anilines is 1. The lowest BCUT2D eigenvalue weighted by Gasteiger charge is -2.08. The molecule has 0 saturated heterocycles. The number of carbonyl (C=O) groups excluding carboxylic acids is 2. The Balaban J connectivity index is 1.55. The molecule has 0 bridgehead atoms. The van der Waals surface area contributed by atoms with Crippen LogP contribution < -0.4 is 5.32 Å². The highest BCUT2D eigenvalue weighted by Crippen LogP contribution is 2.22. The van der Waals surface area contributed by atoms with Gasteiger partial charge in [-0.15, -0.1) is 0 Å². The summed E-state index contributed by atoms with van der Waals surface area (Å²) in [7, 11) is 0. The lowest BCUT2D eigenvalue weighted by Crippen LogP contribution is -2.21. The molecule has 3 rings (SSSR count). The Kier molecular flexibility index (Phi) is 5.45. The van der Waals surface area contributed by atoms with Crippen molar-refractivity contribution in [2.75, 3.05) is 11.9 Å². The number of nitrogens with one attached hydrogen (secondary N) is 1. The highest BCUT2D eigenvalue weighted by molar-refractivity contribution is 6.36. The molecule has 0 fully saturated rings. The third-order valence-electron chi connectivity index (χ3n) is 3.19. The maximum absolute atomic E-state index is 12.0. The predicted molar refractivity (Wildman–Crippen MR) is 94.5 cm³/mol. The number of carbonyl (C=O) groups is 2. The average Bonchev–Trinajstić information content (AvgIpc) is 3.17. The number of benzene rings is 1. The van der Waals surface area contributed by atoms with Crippen molar-refractivity contribution in [3.8, 4) is 5.69 Å². The van der Waals surface area contributed by atoms with Gasteiger partial charge < -0.3 is 10.1 Å². The summed E-state index contributed by atoms with van der Waals surface area (Å²) >= 11 is 11.6. The molecule has 1 N–H and O–H groups in total. The first kappa shape index (κ1) is 17.8. The Morgan fingerprint density at radius 1 is 1.19 bits per heavy atom. The molecule has 1 amide bonds. The maximum atomic E-state index is 12.0. The van der Waals surface area contributed by atoms with Crippen LogP contribution in [0.25, 0.3) is 5.69 Å². The number of esters is 1. The third-order valence-corrected chi connectivity index (χ3v) is 3.68. The number of pyridine rings is 1. The Bertz CT molecular complexity index is 930. The van der Waals surface area contributed by atoms with Crippen LogP contribution in [0.4, 0.5) is 5.82 Å². The molecule has 10 heteroatoms. The first-order valence-corrected chi connectivity index (χ1v) is 8.01. The first-order valence-electron chi connectivity index (χ1n) is 7.26. The zero-order valence-electron chi connectivity index (χ0n) is 13.1. The Hall–Kier alpha value is -2.97. The van der Waals surface area contributed by atoms with Crippen LogP contribution in [0.15, 0.2) is 49.2 Å². The van der Waals surface area contributed by atoms with Gasteiger partial charge in [0.1, 0.15) is 12.7 Å². The lowest BCUT2D eigenvalue weighted by molar-refractivity contribution is -0.119. The fourth-order valence-electron chi connectivity index (χ4n) is 1.98. The van der Waals surface area contributed by atoms with Gasteiger partial charge in [-0.05, 0) is 30.3 Å². The SMILES string of the molecule is O=C(COC(=O)c1ccc(-n2cncn2)cc1)Nc1ncc(Cl)cc1Cl. The summed E-state index contributed by atoms with van der Waals surface area (Å²) in [6, 6.07) is 7.93. The Morgan fingerprint density at radius 2 is 1.96 bits per heavy atom. The van der Waals surface area contributed by atoms with Gasteiger partial charge in [0.2, 0.25) is 0 Å². The fourth-order valence-corrected chi connectivity index (χ4v) is 2.41. The first-order chi connectivity index (χ1) is 12.5. The number of amides is 1. The van der Waals surface area contributed by atoms with E-state index in [1.54, 1.807) is 28.9 Å². The van der Waals surface area contributed by atoms with Crippen LogP contribution in [0.5, 0.6) is 0 Å². The molecule has 2 heterocycles. The van der Waals surface area contributed by atoms with E-state index in [-0.39, 0.29) is 10.8 Å². The molecule has 0 saturated carbocycles. The molecule has 0 atom stereocenters. The molecule has 0 radical (unpaired) electrons. The van der Waals surface area contributed by atoms with E-state index in [0.717, 1.165) is 5.69 Å². The molecule has 1 aromatic carbocycles. The maximum Gasteiger partial charge on any atom is 0.338 e. The van der Waals surface area contributed by atoms with Crippen molar-refractivity contribution in [1.82, 2.24) is 19.7 Å². The second-order valence-electron chi connectivity index (χ2n) is 5.00. The van der Waals surface area contributed by atoms with Crippen molar-refractivity contribution >= 4 is 40.9 Å². The number of nitrogens with zero attached hydrogens (tertiary/aromatic N) is 4. The monoisotopic (exact) mass is 391 g/mol. The zero-order chi connectivity index (χ0) is 18.5. The highest BCUT2D eigenvalue weighted by atomic mass is 35.5. The summed E-state index contributed by atoms with van der Waals surface area (Å²) in [5, 5.41) is 6.94. The van der Waals surface area contributed by atoms with Crippen LogP contribution in [-0.4, -0.2) is 38.2 Å². The summed E-state index contributed by atoms with van der Waals surface area (Å²) in [6.45, 7) is -0.482. The molecule has 0 unspecified atom stereocenters. The van der Waals surface area contributed by atoms with Crippen LogP contribution in [0, 0.1) is 0 Å². The van der Waals surface area contributed by atoms with E-state index in [1.807, 2.05) is 0 Å². The number of halogens is 2. The minimum atomic E-state index is -0.638. The summed E-state index contributed by atoms with van der Waals surface area (Å²) in [6.07, 6.45) is 4.28. The van der Waals surface area contributed by atoms with Crippen molar-refractivity contribution in [2.45, 2.75) is 0 Å². The summed E-state index contributed by atoms with van der Waals surface area (Å²) in [5.41, 5.74) is 1.03. The van der Waals surface area contributed by atoms with Crippen LogP contribution in [0.2, 0.25) is 10.0 Å². The highest BCUT2D eigenvalue weighted by Gasteiger charge is 2.12. The van der Waals surface area contributed by atoms with Crippen LogP contribution in [0.3, 0.4) is 0 Å². The summed E-state index contributed by atoms with van der Waals surface area (Å²) in [4.78, 5) is 31.6. The average molecular weight is 392 g/mol. The second-order valence-corrected chi connectivity index (χ2v) is 5.84. The molecular weight excluding hydrogens is 381 g/mol. The minimum Gasteiger partial charge on any atom is -0.452 e. The van der Waals surface area contributed by atoms with Crippen molar-refractivity contribution in [3.05, 3.63) is 64.8 Å². The number of aromatic nitrogens is 4. The van der Waals surface area contributed by atoms with Crippen LogP contribution >= 0.6 is 23.2 Å². The molecule has 0 aliphatic heterocycles. The van der Waals surface area contributed by atoms with E-state index >= 15 is 0 Å². The van der Waals surface area contributed by atoms with Gasteiger partial charge in [0, 0.05) is 6.20 Å². The minimum absolute atomic E-state index is 0.134. The lowest BCUT2D eigenvalue weighted by atomic mass is 10.2. The van der Waals surface area contributed by atoms with Crippen molar-refractivity contribution in [3.63, 3.8) is 0 Å². The standard InChI is InChI=1S/C16H11Cl2N5O3/c17-11-5-13(18)15(20-6-11)22-14(24)7-26-16(25)10-1-3-12(4-2-10)23-9-19-8-21-23/h1-6,8-9H,7H2,(H,20,22,24). The zero-order valence-corrected chi connectivity index (χ0v) is 14.6. The molecule has 0 spiro atoms. The molecule has 0 aliphatic rings. The quantitative estimate of drug-likeness (QED) is 0.671. The molecule has 26 heavy (non-hydrogen) atoms. The Labute approximate surface area is 157 Å². The smallest absolute Gasteiger partial charge is 0.338 e. The van der Waals surface area contributed by atoms with E-state index in [4.69, 9.17) is 27.9 Å². The summed E-state index contributed by atoms with van der Waals surface area (Å²) < 4.78 is 6.52. The van der Waals surface area contributed by atoms with E-state index in [1.165, 1.54) is 24.9 Å². The molecule has 0 aliphatic carbocycles. The van der Waals surface area contributed by atoms with Gasteiger partial charge in [0.15, 0.2) is 12.4 Å². The van der Waals surface area contributed by atoms with Crippen molar-refractivity contribution in [1.29, 1.82) is 0 Å². The van der Waals surface area contributed by atoms with E-state index in [9.17, 15) is 9.59 Å².